The Hall–Kier alpha value is -1.06. The van der Waals surface area contributed by atoms with Gasteiger partial charge in [-0.2, -0.15) is 0 Å². The van der Waals surface area contributed by atoms with Crippen LogP contribution in [0.4, 0.5) is 0 Å². The molecule has 21 heavy (non-hydrogen) atoms. The van der Waals surface area contributed by atoms with E-state index in [1.54, 1.807) is 0 Å². The zero-order valence-electron chi connectivity index (χ0n) is 14.3. The molecule has 0 atom stereocenters. The molecule has 3 N–H and O–H groups in total. The summed E-state index contributed by atoms with van der Waals surface area (Å²) in [6.07, 6.45) is 8.89. The van der Waals surface area contributed by atoms with Gasteiger partial charge in [-0.1, -0.05) is 40.5 Å². The zero-order chi connectivity index (χ0) is 15.7. The third-order valence-electron chi connectivity index (χ3n) is 4.16. The molecule has 0 aliphatic heterocycles. The maximum atomic E-state index is 7.11. The topological polar surface area (TPSA) is 60.3 Å². The van der Waals surface area contributed by atoms with Crippen molar-refractivity contribution in [2.75, 3.05) is 13.1 Å². The second kappa shape index (κ2) is 9.06. The van der Waals surface area contributed by atoms with Crippen LogP contribution in [-0.2, 0) is 0 Å². The summed E-state index contributed by atoms with van der Waals surface area (Å²) in [5.74, 6) is 2.42. The van der Waals surface area contributed by atoms with Gasteiger partial charge < -0.3 is 10.6 Å². The van der Waals surface area contributed by atoms with Crippen LogP contribution in [0.2, 0.25) is 0 Å². The summed E-state index contributed by atoms with van der Waals surface area (Å²) in [5, 5.41) is 13.7. The molecule has 1 aliphatic rings. The maximum Gasteiger partial charge on any atom is 0.197 e. The van der Waals surface area contributed by atoms with Crippen LogP contribution >= 0.6 is 0 Å². The molecular formula is C17H34N4. The van der Waals surface area contributed by atoms with E-state index in [4.69, 9.17) is 5.41 Å². The first-order valence-corrected chi connectivity index (χ1v) is 8.49. The number of nitrogens with one attached hydrogen (secondary N) is 3. The van der Waals surface area contributed by atoms with E-state index in [-0.39, 0.29) is 0 Å². The molecule has 0 saturated heterocycles. The van der Waals surface area contributed by atoms with E-state index in [1.165, 1.54) is 32.1 Å². The number of aliphatic imine (C=N–C) groups is 1. The van der Waals surface area contributed by atoms with E-state index in [0.29, 0.717) is 5.41 Å². The van der Waals surface area contributed by atoms with Gasteiger partial charge in [0.1, 0.15) is 6.34 Å². The highest BCUT2D eigenvalue weighted by molar-refractivity contribution is 5.86. The Morgan fingerprint density at radius 1 is 1.14 bits per heavy atom. The quantitative estimate of drug-likeness (QED) is 0.516. The standard InChI is InChI=1S/C17H34N4/c1-5-10-19-16(21-13-18)20-12-15-8-6-14(7-9-15)11-17(2,3)4/h13-15H,5-12H2,1-4H3,(H3,18,19,20,21). The van der Waals surface area contributed by atoms with Gasteiger partial charge in [0.05, 0.1) is 0 Å². The first-order chi connectivity index (χ1) is 9.94. The first kappa shape index (κ1) is 18.0. The lowest BCUT2D eigenvalue weighted by Gasteiger charge is -2.32. The summed E-state index contributed by atoms with van der Waals surface area (Å²) in [6, 6.07) is 0. The predicted octanol–water partition coefficient (Wildman–Crippen LogP) is 3.78. The van der Waals surface area contributed by atoms with Gasteiger partial charge >= 0.3 is 0 Å². The summed E-state index contributed by atoms with van der Waals surface area (Å²) in [6.45, 7) is 11.1. The summed E-state index contributed by atoms with van der Waals surface area (Å²) >= 11 is 0. The van der Waals surface area contributed by atoms with Crippen LogP contribution in [0.1, 0.15) is 66.2 Å². The second-order valence-electron chi connectivity index (χ2n) is 7.57. The normalized spacial score (nSPS) is 23.7. The van der Waals surface area contributed by atoms with Gasteiger partial charge in [-0.05, 0) is 42.9 Å². The molecule has 0 heterocycles. The van der Waals surface area contributed by atoms with Crippen molar-refractivity contribution in [3.63, 3.8) is 0 Å². The molecule has 0 amide bonds. The van der Waals surface area contributed by atoms with E-state index < -0.39 is 0 Å². The van der Waals surface area contributed by atoms with Crippen LogP contribution < -0.4 is 10.6 Å². The second-order valence-corrected chi connectivity index (χ2v) is 7.57. The molecule has 0 radical (unpaired) electrons. The molecule has 4 nitrogen and oxygen atoms in total. The molecule has 0 aromatic rings. The fourth-order valence-corrected chi connectivity index (χ4v) is 3.21. The number of nitrogens with zero attached hydrogens (tertiary/aromatic N) is 1. The van der Waals surface area contributed by atoms with Crippen molar-refractivity contribution in [1.29, 1.82) is 5.41 Å². The van der Waals surface area contributed by atoms with E-state index >= 15 is 0 Å². The SMILES string of the molecule is CCCN/C(=N\C=N)NCC1CCC(CC(C)(C)C)CC1. The van der Waals surface area contributed by atoms with E-state index in [2.05, 4.69) is 43.3 Å². The van der Waals surface area contributed by atoms with Crippen LogP contribution in [0, 0.1) is 22.7 Å². The van der Waals surface area contributed by atoms with Crippen LogP contribution in [-0.4, -0.2) is 25.4 Å². The molecule has 1 aliphatic carbocycles. The molecule has 122 valence electrons. The fraction of sp³-hybridized carbons (Fsp3) is 0.882. The number of rotatable bonds is 6. The van der Waals surface area contributed by atoms with Crippen molar-refractivity contribution >= 4 is 12.3 Å². The van der Waals surface area contributed by atoms with Crippen LogP contribution in [0.3, 0.4) is 0 Å². The number of hydrogen-bond donors (Lipinski definition) is 3. The first-order valence-electron chi connectivity index (χ1n) is 8.49. The van der Waals surface area contributed by atoms with Gasteiger partial charge in [0.25, 0.3) is 0 Å². The Balaban J connectivity index is 2.28. The fourth-order valence-electron chi connectivity index (χ4n) is 3.21. The molecular weight excluding hydrogens is 260 g/mol. The lowest BCUT2D eigenvalue weighted by Crippen LogP contribution is -2.40. The highest BCUT2D eigenvalue weighted by atomic mass is 15.2. The van der Waals surface area contributed by atoms with Crippen LogP contribution in [0.15, 0.2) is 4.99 Å². The van der Waals surface area contributed by atoms with Gasteiger partial charge in [0.15, 0.2) is 5.96 Å². The van der Waals surface area contributed by atoms with Crippen molar-refractivity contribution in [1.82, 2.24) is 10.6 Å². The average molecular weight is 294 g/mol. The smallest absolute Gasteiger partial charge is 0.197 e. The minimum Gasteiger partial charge on any atom is -0.356 e. The summed E-state index contributed by atoms with van der Waals surface area (Å²) < 4.78 is 0. The molecule has 0 unspecified atom stereocenters. The molecule has 1 saturated carbocycles. The number of guanidine groups is 1. The summed E-state index contributed by atoms with van der Waals surface area (Å²) in [4.78, 5) is 4.05. The lowest BCUT2D eigenvalue weighted by atomic mass is 9.74. The third-order valence-corrected chi connectivity index (χ3v) is 4.16. The predicted molar refractivity (Wildman–Crippen MR) is 92.0 cm³/mol. The molecule has 1 fully saturated rings. The molecule has 0 bridgehead atoms. The minimum atomic E-state index is 0.462. The van der Waals surface area contributed by atoms with Crippen molar-refractivity contribution in [3.05, 3.63) is 0 Å². The average Bonchev–Trinajstić information content (AvgIpc) is 2.42. The van der Waals surface area contributed by atoms with Gasteiger partial charge in [-0.3, -0.25) is 5.41 Å². The Bertz CT molecular complexity index is 322. The van der Waals surface area contributed by atoms with Crippen molar-refractivity contribution in [2.24, 2.45) is 22.2 Å². The van der Waals surface area contributed by atoms with Gasteiger partial charge in [-0.15, -0.1) is 0 Å². The van der Waals surface area contributed by atoms with Crippen molar-refractivity contribution in [3.8, 4) is 0 Å². The Kier molecular flexibility index (Phi) is 7.76. The van der Waals surface area contributed by atoms with Gasteiger partial charge in [-0.25, -0.2) is 4.99 Å². The molecule has 4 heteroatoms. The largest absolute Gasteiger partial charge is 0.356 e. The van der Waals surface area contributed by atoms with Crippen LogP contribution in [0.5, 0.6) is 0 Å². The zero-order valence-corrected chi connectivity index (χ0v) is 14.3. The molecule has 0 aromatic heterocycles. The van der Waals surface area contributed by atoms with E-state index in [0.717, 1.165) is 43.6 Å². The van der Waals surface area contributed by atoms with Crippen molar-refractivity contribution in [2.45, 2.75) is 66.2 Å². The number of hydrogen-bond acceptors (Lipinski definition) is 1. The minimum absolute atomic E-state index is 0.462. The third kappa shape index (κ3) is 8.08. The molecule has 0 aromatic carbocycles. The van der Waals surface area contributed by atoms with E-state index in [9.17, 15) is 0 Å². The monoisotopic (exact) mass is 294 g/mol. The highest BCUT2D eigenvalue weighted by Crippen LogP contribution is 2.36. The van der Waals surface area contributed by atoms with E-state index in [1.807, 2.05) is 0 Å². The summed E-state index contributed by atoms with van der Waals surface area (Å²) in [7, 11) is 0. The molecule has 1 rings (SSSR count). The van der Waals surface area contributed by atoms with Crippen LogP contribution in [0.25, 0.3) is 0 Å². The maximum absolute atomic E-state index is 7.11. The van der Waals surface area contributed by atoms with Gasteiger partial charge in [0.2, 0.25) is 0 Å². The van der Waals surface area contributed by atoms with Crippen molar-refractivity contribution < 1.29 is 0 Å². The van der Waals surface area contributed by atoms with Gasteiger partial charge in [0, 0.05) is 13.1 Å². The highest BCUT2D eigenvalue weighted by Gasteiger charge is 2.25. The summed E-state index contributed by atoms with van der Waals surface area (Å²) in [5.41, 5.74) is 0.462. The Morgan fingerprint density at radius 3 is 2.29 bits per heavy atom. The Labute approximate surface area is 130 Å². The Morgan fingerprint density at radius 2 is 1.76 bits per heavy atom. The molecule has 0 spiro atoms. The lowest BCUT2D eigenvalue weighted by molar-refractivity contribution is 0.205.